The Morgan fingerprint density at radius 1 is 1.16 bits per heavy atom. The largest absolute Gasteiger partial charge is 0.493 e. The van der Waals surface area contributed by atoms with E-state index in [1.54, 1.807) is 12.3 Å². The number of hydrogen-bond acceptors (Lipinski definition) is 6. The van der Waals surface area contributed by atoms with Crippen LogP contribution in [0.15, 0.2) is 60.8 Å². The van der Waals surface area contributed by atoms with Crippen LogP contribution in [0.5, 0.6) is 11.6 Å². The van der Waals surface area contributed by atoms with Crippen molar-refractivity contribution in [2.24, 2.45) is 11.8 Å². The number of hydrogen-bond donors (Lipinski definition) is 0. The van der Waals surface area contributed by atoms with Crippen molar-refractivity contribution in [3.8, 4) is 17.7 Å². The quantitative estimate of drug-likeness (QED) is 0.633. The molecule has 0 bridgehead atoms. The topological polar surface area (TPSA) is 71.3 Å². The molecule has 3 atom stereocenters. The Kier molecular flexibility index (Phi) is 5.27. The van der Waals surface area contributed by atoms with Crippen molar-refractivity contribution in [2.75, 3.05) is 19.8 Å². The second kappa shape index (κ2) is 8.37. The number of nitriles is 1. The maximum Gasteiger partial charge on any atom is 0.216 e. The average Bonchev–Trinajstić information content (AvgIpc) is 3.16. The van der Waals surface area contributed by atoms with Crippen LogP contribution in [0.4, 0.5) is 0 Å². The Hall–Kier alpha value is -3.43. The number of nitrogens with zero attached hydrogens (tertiary/aromatic N) is 4. The van der Waals surface area contributed by atoms with Gasteiger partial charge in [-0.2, -0.15) is 10.2 Å². The lowest BCUT2D eigenvalue weighted by atomic mass is 9.85. The number of aryl methyl sites for hydroxylation is 1. The van der Waals surface area contributed by atoms with Crippen LogP contribution in [-0.4, -0.2) is 34.6 Å². The number of rotatable bonds is 5. The van der Waals surface area contributed by atoms with Crippen LogP contribution in [0, 0.1) is 30.1 Å². The van der Waals surface area contributed by atoms with Gasteiger partial charge in [-0.15, -0.1) is 0 Å². The second-order valence-corrected chi connectivity index (χ2v) is 8.21. The number of likely N-dealkylation sites (tertiary alicyclic amines) is 1. The van der Waals surface area contributed by atoms with E-state index >= 15 is 0 Å². The molecule has 2 aromatic carbocycles. The maximum absolute atomic E-state index is 9.08. The van der Waals surface area contributed by atoms with Crippen molar-refractivity contribution in [3.05, 3.63) is 83.3 Å². The highest BCUT2D eigenvalue weighted by Gasteiger charge is 2.46. The van der Waals surface area contributed by atoms with Crippen LogP contribution in [0.25, 0.3) is 0 Å². The van der Waals surface area contributed by atoms with E-state index in [1.807, 2.05) is 37.3 Å². The Morgan fingerprint density at radius 3 is 2.81 bits per heavy atom. The second-order valence-electron chi connectivity index (χ2n) is 8.21. The smallest absolute Gasteiger partial charge is 0.216 e. The summed E-state index contributed by atoms with van der Waals surface area (Å²) in [6.45, 7) is 4.88. The summed E-state index contributed by atoms with van der Waals surface area (Å²) in [5.74, 6) is 2.97. The fourth-order valence-corrected chi connectivity index (χ4v) is 4.74. The van der Waals surface area contributed by atoms with Gasteiger partial charge >= 0.3 is 0 Å². The van der Waals surface area contributed by atoms with Crippen LogP contribution in [0.1, 0.15) is 28.6 Å². The molecule has 0 radical (unpaired) electrons. The maximum atomic E-state index is 9.08. The van der Waals surface area contributed by atoms with Gasteiger partial charge in [-0.1, -0.05) is 30.3 Å². The molecule has 0 N–H and O–H groups in total. The summed E-state index contributed by atoms with van der Waals surface area (Å²) in [6.07, 6.45) is 1.73. The first-order valence-electron chi connectivity index (χ1n) is 10.6. The van der Waals surface area contributed by atoms with E-state index < -0.39 is 0 Å². The number of benzene rings is 2. The molecule has 2 aliphatic rings. The summed E-state index contributed by atoms with van der Waals surface area (Å²) < 4.78 is 12.2. The molecule has 0 amide bonds. The average molecular weight is 412 g/mol. The van der Waals surface area contributed by atoms with E-state index in [2.05, 4.69) is 39.1 Å². The lowest BCUT2D eigenvalue weighted by molar-refractivity contribution is 0.121. The van der Waals surface area contributed by atoms with E-state index in [-0.39, 0.29) is 6.04 Å². The molecular weight excluding hydrogens is 388 g/mol. The van der Waals surface area contributed by atoms with Crippen LogP contribution in [-0.2, 0) is 6.54 Å². The van der Waals surface area contributed by atoms with Crippen molar-refractivity contribution in [1.82, 2.24) is 14.9 Å². The van der Waals surface area contributed by atoms with E-state index in [0.29, 0.717) is 42.3 Å². The van der Waals surface area contributed by atoms with E-state index in [4.69, 9.17) is 14.7 Å². The molecule has 0 spiro atoms. The molecule has 2 aliphatic heterocycles. The van der Waals surface area contributed by atoms with E-state index in [9.17, 15) is 0 Å². The van der Waals surface area contributed by atoms with Crippen LogP contribution in [0.2, 0.25) is 0 Å². The SMILES string of the molecule is Cc1nccc(OC[C@@H]2CN(Cc3ccc(C#N)cc3)[C@H]3c4ccccc4OC[C@@H]23)n1. The molecule has 1 aromatic heterocycles. The first-order valence-corrected chi connectivity index (χ1v) is 10.6. The molecule has 31 heavy (non-hydrogen) atoms. The van der Waals surface area contributed by atoms with Gasteiger partial charge in [-0.25, -0.2) is 4.98 Å². The van der Waals surface area contributed by atoms with Crippen molar-refractivity contribution < 1.29 is 9.47 Å². The van der Waals surface area contributed by atoms with Gasteiger partial charge in [0.05, 0.1) is 24.8 Å². The summed E-state index contributed by atoms with van der Waals surface area (Å²) in [7, 11) is 0. The Morgan fingerprint density at radius 2 is 2.00 bits per heavy atom. The van der Waals surface area contributed by atoms with Crippen LogP contribution >= 0.6 is 0 Å². The van der Waals surface area contributed by atoms with Gasteiger partial charge in [-0.05, 0) is 30.7 Å². The van der Waals surface area contributed by atoms with Crippen molar-refractivity contribution >= 4 is 0 Å². The van der Waals surface area contributed by atoms with Crippen molar-refractivity contribution in [3.63, 3.8) is 0 Å². The van der Waals surface area contributed by atoms with Gasteiger partial charge in [-0.3, -0.25) is 4.90 Å². The van der Waals surface area contributed by atoms with Gasteiger partial charge < -0.3 is 9.47 Å². The molecule has 1 saturated heterocycles. The minimum atomic E-state index is 0.279. The number of para-hydroxylation sites is 1. The molecule has 0 unspecified atom stereocenters. The molecule has 3 heterocycles. The third-order valence-corrected chi connectivity index (χ3v) is 6.21. The highest BCUT2D eigenvalue weighted by atomic mass is 16.5. The van der Waals surface area contributed by atoms with Gasteiger partial charge in [0.15, 0.2) is 0 Å². The lowest BCUT2D eigenvalue weighted by Gasteiger charge is -2.34. The highest BCUT2D eigenvalue weighted by Crippen LogP contribution is 2.47. The molecule has 0 saturated carbocycles. The normalized spacial score (nSPS) is 22.1. The summed E-state index contributed by atoms with van der Waals surface area (Å²) in [5, 5.41) is 9.08. The zero-order valence-electron chi connectivity index (χ0n) is 17.4. The van der Waals surface area contributed by atoms with E-state index in [0.717, 1.165) is 18.8 Å². The monoisotopic (exact) mass is 412 g/mol. The first-order chi connectivity index (χ1) is 15.2. The fourth-order valence-electron chi connectivity index (χ4n) is 4.74. The molecule has 6 nitrogen and oxygen atoms in total. The molecule has 0 aliphatic carbocycles. The third-order valence-electron chi connectivity index (χ3n) is 6.21. The molecule has 5 rings (SSSR count). The van der Waals surface area contributed by atoms with Crippen LogP contribution < -0.4 is 9.47 Å². The van der Waals surface area contributed by atoms with Gasteiger partial charge in [0.1, 0.15) is 11.6 Å². The summed E-state index contributed by atoms with van der Waals surface area (Å²) in [6, 6.07) is 20.5. The van der Waals surface area contributed by atoms with Gasteiger partial charge in [0.2, 0.25) is 5.88 Å². The van der Waals surface area contributed by atoms with Gasteiger partial charge in [0.25, 0.3) is 0 Å². The van der Waals surface area contributed by atoms with Crippen molar-refractivity contribution in [2.45, 2.75) is 19.5 Å². The third kappa shape index (κ3) is 3.97. The molecule has 156 valence electrons. The molecule has 1 fully saturated rings. The highest BCUT2D eigenvalue weighted by molar-refractivity contribution is 5.39. The predicted molar refractivity (Wildman–Crippen MR) is 115 cm³/mol. The Balaban J connectivity index is 1.39. The molecular formula is C25H24N4O2. The van der Waals surface area contributed by atoms with Crippen LogP contribution in [0.3, 0.4) is 0 Å². The standard InChI is InChI=1S/C25H24N4O2/c1-17-27-11-10-24(28-17)31-15-20-14-29(13-19-8-6-18(12-26)7-9-19)25-21-4-2-3-5-23(21)30-16-22(20)25/h2-11,20,22,25H,13-16H2,1H3/t20-,22-,25-/m0/s1. The molecule has 3 aromatic rings. The summed E-state index contributed by atoms with van der Waals surface area (Å²) in [5.41, 5.74) is 3.13. The number of aromatic nitrogens is 2. The first kappa shape index (κ1) is 19.5. The van der Waals surface area contributed by atoms with Gasteiger partial charge in [0, 0.05) is 48.8 Å². The van der Waals surface area contributed by atoms with Crippen molar-refractivity contribution in [1.29, 1.82) is 5.26 Å². The number of ether oxygens (including phenoxy) is 2. The predicted octanol–water partition coefficient (Wildman–Crippen LogP) is 3.92. The summed E-state index contributed by atoms with van der Waals surface area (Å²) >= 11 is 0. The molecule has 6 heteroatoms. The Bertz CT molecular complexity index is 1110. The fraction of sp³-hybridized carbons (Fsp3) is 0.320. The zero-order chi connectivity index (χ0) is 21.2. The van der Waals surface area contributed by atoms with E-state index in [1.165, 1.54) is 11.1 Å². The number of fused-ring (bicyclic) bond motifs is 3. The minimum Gasteiger partial charge on any atom is -0.493 e. The zero-order valence-corrected chi connectivity index (χ0v) is 17.4. The minimum absolute atomic E-state index is 0.279. The summed E-state index contributed by atoms with van der Waals surface area (Å²) in [4.78, 5) is 11.0. The lowest BCUT2D eigenvalue weighted by Crippen LogP contribution is -2.32. The Labute approximate surface area is 182 Å².